The summed E-state index contributed by atoms with van der Waals surface area (Å²) in [6.45, 7) is 2.67. The van der Waals surface area contributed by atoms with Crippen LogP contribution in [0.25, 0.3) is 5.65 Å². The number of hydrogen-bond acceptors (Lipinski definition) is 4. The van der Waals surface area contributed by atoms with Gasteiger partial charge in [0.1, 0.15) is 11.4 Å². The van der Waals surface area contributed by atoms with Gasteiger partial charge < -0.3 is 4.90 Å². The van der Waals surface area contributed by atoms with Crippen LogP contribution in [0.1, 0.15) is 47.3 Å². The second-order valence-electron chi connectivity index (χ2n) is 5.92. The van der Waals surface area contributed by atoms with Gasteiger partial charge in [-0.2, -0.15) is 10.2 Å². The van der Waals surface area contributed by atoms with E-state index in [0.717, 1.165) is 11.8 Å². The minimum absolute atomic E-state index is 0.179. The maximum atomic E-state index is 13.2. The fourth-order valence-corrected chi connectivity index (χ4v) is 3.12. The largest absolute Gasteiger partial charge is 0.334 e. The lowest BCUT2D eigenvalue weighted by atomic mass is 10.3. The summed E-state index contributed by atoms with van der Waals surface area (Å²) in [5.41, 5.74) is -1.24. The maximum Gasteiger partial charge on any atom is 0.280 e. The van der Waals surface area contributed by atoms with Gasteiger partial charge in [-0.1, -0.05) is 0 Å². The van der Waals surface area contributed by atoms with Gasteiger partial charge in [0.15, 0.2) is 11.3 Å². The first kappa shape index (κ1) is 20.2. The number of hydrogen-bond donors (Lipinski definition) is 0. The molecule has 3 rings (SSSR count). The standard InChI is InChI=1S/C16H15BrF4N6O/c1-3-26-12(8(17)6-22-26)7-25(2)16(28)10-5-13-23-9(14(18)19)4-11(15(20)21)27(13)24-10/h4-6,14-15H,3,7H2,1-2H3. The van der Waals surface area contributed by atoms with Crippen LogP contribution in [0.5, 0.6) is 0 Å². The number of nitrogens with zero attached hydrogens (tertiary/aromatic N) is 6. The molecule has 0 spiro atoms. The number of aromatic nitrogens is 5. The molecule has 0 aliphatic carbocycles. The number of amides is 1. The fraction of sp³-hybridized carbons (Fsp3) is 0.375. The molecule has 0 saturated carbocycles. The van der Waals surface area contributed by atoms with Crippen LogP contribution in [-0.4, -0.2) is 42.2 Å². The molecule has 3 aromatic heterocycles. The van der Waals surface area contributed by atoms with Gasteiger partial charge in [-0.3, -0.25) is 9.48 Å². The van der Waals surface area contributed by atoms with Crippen LogP contribution < -0.4 is 0 Å². The van der Waals surface area contributed by atoms with Crippen molar-refractivity contribution in [3.63, 3.8) is 0 Å². The Bertz CT molecular complexity index is 1020. The average Bonchev–Trinajstić information content (AvgIpc) is 3.23. The van der Waals surface area contributed by atoms with E-state index in [1.54, 1.807) is 10.9 Å². The number of alkyl halides is 4. The quantitative estimate of drug-likeness (QED) is 0.521. The van der Waals surface area contributed by atoms with Crippen LogP contribution in [0.2, 0.25) is 0 Å². The van der Waals surface area contributed by atoms with Gasteiger partial charge in [0.05, 0.1) is 22.9 Å². The van der Waals surface area contributed by atoms with Gasteiger partial charge in [-0.05, 0) is 28.9 Å². The van der Waals surface area contributed by atoms with Gasteiger partial charge in [0.25, 0.3) is 18.8 Å². The van der Waals surface area contributed by atoms with Crippen molar-refractivity contribution in [3.8, 4) is 0 Å². The lowest BCUT2D eigenvalue weighted by molar-refractivity contribution is 0.0774. The van der Waals surface area contributed by atoms with E-state index in [1.807, 2.05) is 6.92 Å². The molecule has 0 aromatic carbocycles. The summed E-state index contributed by atoms with van der Waals surface area (Å²) in [5, 5.41) is 8.01. The summed E-state index contributed by atoms with van der Waals surface area (Å²) in [7, 11) is 1.51. The molecule has 7 nitrogen and oxygen atoms in total. The summed E-state index contributed by atoms with van der Waals surface area (Å²) >= 11 is 3.36. The van der Waals surface area contributed by atoms with E-state index in [0.29, 0.717) is 21.6 Å². The number of halogens is 5. The van der Waals surface area contributed by atoms with Gasteiger partial charge in [0, 0.05) is 19.7 Å². The molecule has 0 N–H and O–H groups in total. The molecular weight excluding hydrogens is 448 g/mol. The van der Waals surface area contributed by atoms with Crippen molar-refractivity contribution in [2.24, 2.45) is 0 Å². The molecule has 0 aliphatic rings. The SMILES string of the molecule is CCn1ncc(Br)c1CN(C)C(=O)c1cc2nc(C(F)F)cc(C(F)F)n2n1. The summed E-state index contributed by atoms with van der Waals surface area (Å²) in [4.78, 5) is 17.6. The second kappa shape index (κ2) is 7.86. The first-order valence-corrected chi connectivity index (χ1v) is 8.94. The van der Waals surface area contributed by atoms with Gasteiger partial charge in [-0.25, -0.2) is 27.1 Å². The Labute approximate surface area is 165 Å². The van der Waals surface area contributed by atoms with E-state index in [2.05, 4.69) is 31.1 Å². The summed E-state index contributed by atoms with van der Waals surface area (Å²) in [6, 6.07) is 1.70. The topological polar surface area (TPSA) is 68.3 Å². The Morgan fingerprint density at radius 2 is 1.96 bits per heavy atom. The van der Waals surface area contributed by atoms with Crippen LogP contribution >= 0.6 is 15.9 Å². The highest BCUT2D eigenvalue weighted by Crippen LogP contribution is 2.26. The predicted octanol–water partition coefficient (Wildman–Crippen LogP) is 3.86. The molecule has 3 heterocycles. The van der Waals surface area contributed by atoms with E-state index in [1.165, 1.54) is 11.9 Å². The number of carbonyl (C=O) groups excluding carboxylic acids is 1. The zero-order valence-electron chi connectivity index (χ0n) is 14.8. The van der Waals surface area contributed by atoms with E-state index in [-0.39, 0.29) is 17.9 Å². The van der Waals surface area contributed by atoms with Gasteiger partial charge in [-0.15, -0.1) is 0 Å². The lowest BCUT2D eigenvalue weighted by Crippen LogP contribution is -2.28. The van der Waals surface area contributed by atoms with E-state index < -0.39 is 30.1 Å². The van der Waals surface area contributed by atoms with Crippen molar-refractivity contribution in [3.05, 3.63) is 45.6 Å². The van der Waals surface area contributed by atoms with Crippen molar-refractivity contribution in [2.45, 2.75) is 32.9 Å². The number of fused-ring (bicyclic) bond motifs is 1. The van der Waals surface area contributed by atoms with Crippen molar-refractivity contribution >= 4 is 27.5 Å². The van der Waals surface area contributed by atoms with Crippen LogP contribution in [-0.2, 0) is 13.1 Å². The van der Waals surface area contributed by atoms with Crippen molar-refractivity contribution in [2.75, 3.05) is 7.05 Å². The summed E-state index contributed by atoms with van der Waals surface area (Å²) in [6.07, 6.45) is -4.48. The Hall–Kier alpha value is -2.50. The first-order valence-electron chi connectivity index (χ1n) is 8.15. The number of carbonyl (C=O) groups is 1. The zero-order chi connectivity index (χ0) is 20.6. The Balaban J connectivity index is 1.95. The van der Waals surface area contributed by atoms with Crippen molar-refractivity contribution in [1.29, 1.82) is 0 Å². The minimum atomic E-state index is -3.06. The molecule has 1 amide bonds. The minimum Gasteiger partial charge on any atom is -0.334 e. The van der Waals surface area contributed by atoms with Crippen molar-refractivity contribution in [1.82, 2.24) is 29.3 Å². The number of aryl methyl sites for hydroxylation is 1. The molecule has 0 fully saturated rings. The second-order valence-corrected chi connectivity index (χ2v) is 6.78. The van der Waals surface area contributed by atoms with Crippen LogP contribution in [0, 0.1) is 0 Å². The molecule has 12 heteroatoms. The van der Waals surface area contributed by atoms with Crippen LogP contribution in [0.15, 0.2) is 22.8 Å². The lowest BCUT2D eigenvalue weighted by Gasteiger charge is -2.17. The maximum absolute atomic E-state index is 13.2. The van der Waals surface area contributed by atoms with Gasteiger partial charge >= 0.3 is 0 Å². The van der Waals surface area contributed by atoms with E-state index >= 15 is 0 Å². The third-order valence-corrected chi connectivity index (χ3v) is 4.73. The Morgan fingerprint density at radius 1 is 1.25 bits per heavy atom. The molecular formula is C16H15BrF4N6O. The fourth-order valence-electron chi connectivity index (χ4n) is 2.70. The molecule has 28 heavy (non-hydrogen) atoms. The molecule has 0 bridgehead atoms. The van der Waals surface area contributed by atoms with Gasteiger partial charge in [0.2, 0.25) is 0 Å². The average molecular weight is 463 g/mol. The molecule has 150 valence electrons. The molecule has 0 unspecified atom stereocenters. The third-order valence-electron chi connectivity index (χ3n) is 4.07. The highest BCUT2D eigenvalue weighted by atomic mass is 79.9. The van der Waals surface area contributed by atoms with Crippen LogP contribution in [0.4, 0.5) is 17.6 Å². The molecule has 0 saturated heterocycles. The zero-order valence-corrected chi connectivity index (χ0v) is 16.4. The third kappa shape index (κ3) is 3.73. The molecule has 0 radical (unpaired) electrons. The highest BCUT2D eigenvalue weighted by molar-refractivity contribution is 9.10. The summed E-state index contributed by atoms with van der Waals surface area (Å²) < 4.78 is 55.5. The van der Waals surface area contributed by atoms with Crippen LogP contribution in [0.3, 0.4) is 0 Å². The predicted molar refractivity (Wildman–Crippen MR) is 94.3 cm³/mol. The summed E-state index contributed by atoms with van der Waals surface area (Å²) in [5.74, 6) is -0.569. The number of rotatable bonds is 6. The van der Waals surface area contributed by atoms with E-state index in [4.69, 9.17) is 0 Å². The highest BCUT2D eigenvalue weighted by Gasteiger charge is 2.24. The molecule has 3 aromatic rings. The molecule has 0 aliphatic heterocycles. The van der Waals surface area contributed by atoms with Crippen molar-refractivity contribution < 1.29 is 22.4 Å². The first-order chi connectivity index (χ1) is 13.2. The smallest absolute Gasteiger partial charge is 0.280 e. The monoisotopic (exact) mass is 462 g/mol. The van der Waals surface area contributed by atoms with E-state index in [9.17, 15) is 22.4 Å². The molecule has 0 atom stereocenters. The Morgan fingerprint density at radius 3 is 2.57 bits per heavy atom. The normalized spacial score (nSPS) is 11.8. The Kier molecular flexibility index (Phi) is 5.68.